The zero-order chi connectivity index (χ0) is 11.8. The minimum absolute atomic E-state index is 0.362. The third-order valence-electron chi connectivity index (χ3n) is 3.52. The number of pyridine rings is 1. The molecule has 0 radical (unpaired) electrons. The van der Waals surface area contributed by atoms with Gasteiger partial charge in [0.05, 0.1) is 6.04 Å². The van der Waals surface area contributed by atoms with Gasteiger partial charge in [-0.25, -0.2) is 0 Å². The minimum atomic E-state index is 0.362. The summed E-state index contributed by atoms with van der Waals surface area (Å²) in [6, 6.07) is 4.13. The van der Waals surface area contributed by atoms with Gasteiger partial charge in [0.25, 0.3) is 0 Å². The highest BCUT2D eigenvalue weighted by Gasteiger charge is 2.25. The zero-order valence-electron chi connectivity index (χ0n) is 10.0. The molecule has 0 amide bonds. The second kappa shape index (κ2) is 4.00. The van der Waals surface area contributed by atoms with E-state index in [1.807, 2.05) is 22.7 Å². The number of nitrogens with zero attached hydrogens (tertiary/aromatic N) is 4. The third-order valence-corrected chi connectivity index (χ3v) is 3.52. The number of nitrogen functional groups attached to an aromatic ring is 1. The van der Waals surface area contributed by atoms with E-state index in [-0.39, 0.29) is 0 Å². The van der Waals surface area contributed by atoms with Gasteiger partial charge in [-0.3, -0.25) is 9.30 Å². The molecule has 0 aliphatic carbocycles. The second-order valence-corrected chi connectivity index (χ2v) is 4.74. The van der Waals surface area contributed by atoms with E-state index in [0.717, 1.165) is 30.1 Å². The number of piperidine rings is 1. The van der Waals surface area contributed by atoms with E-state index >= 15 is 0 Å². The van der Waals surface area contributed by atoms with Gasteiger partial charge < -0.3 is 5.73 Å². The van der Waals surface area contributed by atoms with E-state index in [4.69, 9.17) is 5.73 Å². The molecule has 1 saturated heterocycles. The number of aromatic nitrogens is 3. The van der Waals surface area contributed by atoms with Crippen LogP contribution in [0.4, 0.5) is 5.69 Å². The molecule has 0 bridgehead atoms. The van der Waals surface area contributed by atoms with E-state index in [2.05, 4.69) is 22.1 Å². The van der Waals surface area contributed by atoms with E-state index in [9.17, 15) is 0 Å². The molecule has 1 fully saturated rings. The second-order valence-electron chi connectivity index (χ2n) is 4.74. The first-order valence-electron chi connectivity index (χ1n) is 6.06. The van der Waals surface area contributed by atoms with Crippen molar-refractivity contribution in [1.29, 1.82) is 0 Å². The Bertz CT molecular complexity index is 533. The average Bonchev–Trinajstić information content (AvgIpc) is 2.72. The van der Waals surface area contributed by atoms with Crippen LogP contribution in [0, 0.1) is 0 Å². The van der Waals surface area contributed by atoms with Crippen LogP contribution < -0.4 is 5.73 Å². The lowest BCUT2D eigenvalue weighted by molar-refractivity contribution is 0.178. The monoisotopic (exact) mass is 231 g/mol. The largest absolute Gasteiger partial charge is 0.398 e. The number of rotatable bonds is 1. The van der Waals surface area contributed by atoms with Crippen LogP contribution in [0.5, 0.6) is 0 Å². The van der Waals surface area contributed by atoms with Crippen molar-refractivity contribution in [2.24, 2.45) is 0 Å². The van der Waals surface area contributed by atoms with Crippen LogP contribution in [0.1, 0.15) is 31.1 Å². The number of nitrogens with two attached hydrogens (primary N) is 1. The number of anilines is 1. The normalized spacial score (nSPS) is 22.1. The van der Waals surface area contributed by atoms with Crippen LogP contribution >= 0.6 is 0 Å². The summed E-state index contributed by atoms with van der Waals surface area (Å²) in [5.41, 5.74) is 7.44. The molecule has 1 atom stereocenters. The van der Waals surface area contributed by atoms with Crippen molar-refractivity contribution in [3.63, 3.8) is 0 Å². The minimum Gasteiger partial charge on any atom is -0.398 e. The molecule has 5 nitrogen and oxygen atoms in total. The summed E-state index contributed by atoms with van der Waals surface area (Å²) < 4.78 is 2.02. The summed E-state index contributed by atoms with van der Waals surface area (Å²) in [7, 11) is 2.15. The fraction of sp³-hybridized carbons (Fsp3) is 0.500. The van der Waals surface area contributed by atoms with Crippen molar-refractivity contribution in [2.75, 3.05) is 19.3 Å². The van der Waals surface area contributed by atoms with Crippen LogP contribution in [-0.2, 0) is 0 Å². The van der Waals surface area contributed by atoms with Crippen LogP contribution in [0.3, 0.4) is 0 Å². The molecule has 3 heterocycles. The third kappa shape index (κ3) is 1.76. The molecule has 90 valence electrons. The SMILES string of the molecule is CN1CCCCC1c1nnc2ccc(N)cn12. The Morgan fingerprint density at radius 1 is 1.29 bits per heavy atom. The highest BCUT2D eigenvalue weighted by atomic mass is 15.3. The van der Waals surface area contributed by atoms with Crippen molar-refractivity contribution in [1.82, 2.24) is 19.5 Å². The van der Waals surface area contributed by atoms with Crippen molar-refractivity contribution in [3.8, 4) is 0 Å². The summed E-state index contributed by atoms with van der Waals surface area (Å²) in [6.07, 6.45) is 5.58. The maximum Gasteiger partial charge on any atom is 0.160 e. The molecule has 0 saturated carbocycles. The Morgan fingerprint density at radius 2 is 2.18 bits per heavy atom. The topological polar surface area (TPSA) is 59.5 Å². The summed E-state index contributed by atoms with van der Waals surface area (Å²) in [4.78, 5) is 2.35. The molecule has 2 N–H and O–H groups in total. The van der Waals surface area contributed by atoms with E-state index in [1.165, 1.54) is 12.8 Å². The molecule has 1 aliphatic heterocycles. The lowest BCUT2D eigenvalue weighted by Crippen LogP contribution is -2.30. The number of hydrogen-bond acceptors (Lipinski definition) is 4. The molecule has 0 aromatic carbocycles. The van der Waals surface area contributed by atoms with Crippen LogP contribution in [-0.4, -0.2) is 33.1 Å². The van der Waals surface area contributed by atoms with Crippen LogP contribution in [0.15, 0.2) is 18.3 Å². The number of likely N-dealkylation sites (tertiary alicyclic amines) is 1. The van der Waals surface area contributed by atoms with Gasteiger partial charge in [0, 0.05) is 11.9 Å². The Hall–Kier alpha value is -1.62. The van der Waals surface area contributed by atoms with Gasteiger partial charge in [-0.2, -0.15) is 0 Å². The first-order valence-corrected chi connectivity index (χ1v) is 6.06. The fourth-order valence-corrected chi connectivity index (χ4v) is 2.55. The molecular weight excluding hydrogens is 214 g/mol. The Balaban J connectivity index is 2.07. The lowest BCUT2D eigenvalue weighted by Gasteiger charge is -2.31. The Kier molecular flexibility index (Phi) is 2.48. The van der Waals surface area contributed by atoms with Gasteiger partial charge in [0.1, 0.15) is 0 Å². The summed E-state index contributed by atoms with van der Waals surface area (Å²) >= 11 is 0. The average molecular weight is 231 g/mol. The van der Waals surface area contributed by atoms with Crippen molar-refractivity contribution < 1.29 is 0 Å². The molecule has 1 unspecified atom stereocenters. The fourth-order valence-electron chi connectivity index (χ4n) is 2.55. The Labute approximate surface area is 100 Å². The van der Waals surface area contributed by atoms with Crippen molar-refractivity contribution in [2.45, 2.75) is 25.3 Å². The highest BCUT2D eigenvalue weighted by Crippen LogP contribution is 2.28. The standard InChI is InChI=1S/C12H17N5/c1-16-7-3-2-4-10(16)12-15-14-11-6-5-9(13)8-17(11)12/h5-6,8,10H,2-4,7,13H2,1H3. The predicted molar refractivity (Wildman–Crippen MR) is 66.6 cm³/mol. The molecule has 17 heavy (non-hydrogen) atoms. The number of hydrogen-bond donors (Lipinski definition) is 1. The lowest BCUT2D eigenvalue weighted by atomic mass is 10.0. The first-order chi connectivity index (χ1) is 8.25. The zero-order valence-corrected chi connectivity index (χ0v) is 10.0. The quantitative estimate of drug-likeness (QED) is 0.807. The van der Waals surface area contributed by atoms with E-state index in [1.54, 1.807) is 0 Å². The van der Waals surface area contributed by atoms with Gasteiger partial charge in [0.2, 0.25) is 0 Å². The molecule has 2 aromatic rings. The maximum atomic E-state index is 5.83. The Morgan fingerprint density at radius 3 is 3.00 bits per heavy atom. The molecule has 0 spiro atoms. The molecule has 3 rings (SSSR count). The van der Waals surface area contributed by atoms with Crippen molar-refractivity contribution in [3.05, 3.63) is 24.2 Å². The van der Waals surface area contributed by atoms with Crippen LogP contribution in [0.25, 0.3) is 5.65 Å². The van der Waals surface area contributed by atoms with Gasteiger partial charge in [-0.05, 0) is 38.6 Å². The first kappa shape index (κ1) is 10.5. The predicted octanol–water partition coefficient (Wildman–Crippen LogP) is 1.47. The highest BCUT2D eigenvalue weighted by molar-refractivity contribution is 5.47. The molecular formula is C12H17N5. The van der Waals surface area contributed by atoms with E-state index < -0.39 is 0 Å². The van der Waals surface area contributed by atoms with E-state index in [0.29, 0.717) is 6.04 Å². The summed E-state index contributed by atoms with van der Waals surface area (Å²) in [6.45, 7) is 1.13. The molecule has 5 heteroatoms. The summed E-state index contributed by atoms with van der Waals surface area (Å²) in [5, 5.41) is 8.53. The van der Waals surface area contributed by atoms with Gasteiger partial charge in [0.15, 0.2) is 11.5 Å². The van der Waals surface area contributed by atoms with Crippen LogP contribution in [0.2, 0.25) is 0 Å². The smallest absolute Gasteiger partial charge is 0.160 e. The van der Waals surface area contributed by atoms with Crippen molar-refractivity contribution >= 4 is 11.3 Å². The molecule has 2 aromatic heterocycles. The maximum absolute atomic E-state index is 5.83. The van der Waals surface area contributed by atoms with Gasteiger partial charge >= 0.3 is 0 Å². The number of fused-ring (bicyclic) bond motifs is 1. The van der Waals surface area contributed by atoms with Gasteiger partial charge in [-0.15, -0.1) is 10.2 Å². The van der Waals surface area contributed by atoms with Gasteiger partial charge in [-0.1, -0.05) is 6.42 Å². The molecule has 1 aliphatic rings. The summed E-state index contributed by atoms with van der Waals surface area (Å²) in [5.74, 6) is 1.01.